The van der Waals surface area contributed by atoms with Gasteiger partial charge in [0.05, 0.1) is 0 Å². The summed E-state index contributed by atoms with van der Waals surface area (Å²) < 4.78 is 131. The third kappa shape index (κ3) is 7.38. The van der Waals surface area contributed by atoms with Crippen molar-refractivity contribution in [1.29, 1.82) is 0 Å². The van der Waals surface area contributed by atoms with E-state index >= 15 is 0 Å². The molecule has 132 valence electrons. The highest BCUT2D eigenvalue weighted by Crippen LogP contribution is 2.60. The normalized spacial score (nSPS) is 22.7. The minimum atomic E-state index is -5.66. The van der Waals surface area contributed by atoms with Crippen molar-refractivity contribution >= 4 is 6.04 Å². The van der Waals surface area contributed by atoms with Gasteiger partial charge in [0.1, 0.15) is 0 Å². The first kappa shape index (κ1) is 24.8. The van der Waals surface area contributed by atoms with E-state index in [1.165, 1.54) is 0 Å². The second-order valence-electron chi connectivity index (χ2n) is 2.58. The molecule has 0 saturated carbocycles. The number of rotatable bonds is 0. The van der Waals surface area contributed by atoms with Crippen LogP contribution in [0.1, 0.15) is 8.85 Å². The summed E-state index contributed by atoms with van der Waals surface area (Å²) in [6, 6.07) is -3.26. The Labute approximate surface area is 110 Å². The van der Waals surface area contributed by atoms with Crippen LogP contribution in [-0.2, 0) is 9.53 Å². The maximum atomic E-state index is 11.7. The van der Waals surface area contributed by atoms with Gasteiger partial charge in [-0.1, -0.05) is 7.43 Å². The summed E-state index contributed by atoms with van der Waals surface area (Å²) >= 11 is 0. The van der Waals surface area contributed by atoms with Crippen molar-refractivity contribution in [2.75, 3.05) is 6.93 Å². The minimum Gasteiger partial charge on any atom is -0.263 e. The van der Waals surface area contributed by atoms with E-state index in [0.29, 0.717) is 0 Å². The average molecular weight is 353 g/mol. The molecule has 0 amide bonds. The maximum absolute atomic E-state index is 11.7. The molecule has 0 N–H and O–H groups in total. The van der Waals surface area contributed by atoms with Crippen LogP contribution < -0.4 is 0 Å². The van der Waals surface area contributed by atoms with Crippen LogP contribution in [-0.4, -0.2) is 37.3 Å². The van der Waals surface area contributed by atoms with E-state index in [0.717, 1.165) is 0 Å². The molecular weight excluding hydrogens is 344 g/mol. The molecule has 0 aliphatic carbocycles. The molecule has 1 rings (SSSR count). The molecule has 0 aromatic carbocycles. The number of halogens is 12. The Morgan fingerprint density at radius 1 is 1.00 bits per heavy atom. The SMILES string of the molecule is C.FC(F)(F)[C@]1(F)OC1(F)F.FCF.O=C(F)C(F)(F)F.[2HH]. The molecule has 0 radical (unpaired) electrons. The molecule has 1 saturated heterocycles. The number of ether oxygens (including phenoxy) is 1. The van der Waals surface area contributed by atoms with Crippen molar-refractivity contribution in [3.63, 3.8) is 0 Å². The number of epoxide rings is 1. The van der Waals surface area contributed by atoms with Gasteiger partial charge in [-0.2, -0.15) is 43.9 Å². The molecule has 0 aromatic heterocycles. The lowest BCUT2D eigenvalue weighted by molar-refractivity contribution is -0.231. The Bertz CT molecular complexity index is 326. The molecule has 0 unspecified atom stereocenters. The van der Waals surface area contributed by atoms with Crippen molar-refractivity contribution < 1.29 is 63.6 Å². The number of hydrogen-bond donors (Lipinski definition) is 0. The first-order valence-corrected chi connectivity index (χ1v) is 3.79. The molecule has 14 heteroatoms. The highest BCUT2D eigenvalue weighted by atomic mass is 19.4. The zero-order valence-corrected chi connectivity index (χ0v) is 8.56. The van der Waals surface area contributed by atoms with Crippen molar-refractivity contribution in [3.05, 3.63) is 0 Å². The topological polar surface area (TPSA) is 29.6 Å². The standard InChI is InChI=1S/C3F6O.C2F4O.CH2F2.CH4.H2/c4-1(2(5,6)7)3(8,9)10-1;3-1(7)2(4,5)6;2-1-3;;/h;;1H2;1H4;1H/t1-;;;;/m0..../s1/i;;;;1+1. The molecule has 2 nitrogen and oxygen atoms in total. The summed E-state index contributed by atoms with van der Waals surface area (Å²) in [7, 11) is 0. The van der Waals surface area contributed by atoms with Gasteiger partial charge in [-0.25, -0.2) is 8.78 Å². The average Bonchev–Trinajstić information content (AvgIpc) is 2.66. The highest BCUT2D eigenvalue weighted by molar-refractivity contribution is 5.74. The molecule has 1 aliphatic rings. The Kier molecular flexibility index (Phi) is 9.09. The third-order valence-corrected chi connectivity index (χ3v) is 1.19. The Morgan fingerprint density at radius 2 is 1.19 bits per heavy atom. The van der Waals surface area contributed by atoms with Crippen LogP contribution in [0.4, 0.5) is 52.7 Å². The summed E-state index contributed by atoms with van der Waals surface area (Å²) in [5, 5.41) is 0. The number of carbonyl (C=O) groups is 1. The monoisotopic (exact) mass is 353 g/mol. The third-order valence-electron chi connectivity index (χ3n) is 1.19. The lowest BCUT2D eigenvalue weighted by Gasteiger charge is -2.04. The van der Waals surface area contributed by atoms with E-state index in [2.05, 4.69) is 4.74 Å². The summed E-state index contributed by atoms with van der Waals surface area (Å²) in [6.45, 7) is -1.75. The summed E-state index contributed by atoms with van der Waals surface area (Å²) in [4.78, 5) is 8.67. The first-order chi connectivity index (χ1) is 8.56. The fourth-order valence-corrected chi connectivity index (χ4v) is 0.374. The van der Waals surface area contributed by atoms with Crippen LogP contribution in [0.3, 0.4) is 0 Å². The van der Waals surface area contributed by atoms with Gasteiger partial charge < -0.3 is 0 Å². The maximum Gasteiger partial charge on any atom is 0.483 e. The second-order valence-corrected chi connectivity index (χ2v) is 2.58. The van der Waals surface area contributed by atoms with Gasteiger partial charge in [0, 0.05) is 1.43 Å². The fraction of sp³-hybridized carbons (Fsp3) is 0.857. The van der Waals surface area contributed by atoms with Gasteiger partial charge >= 0.3 is 30.4 Å². The summed E-state index contributed by atoms with van der Waals surface area (Å²) in [6.07, 6.45) is -15.7. The van der Waals surface area contributed by atoms with Crippen LogP contribution in [0.15, 0.2) is 0 Å². The van der Waals surface area contributed by atoms with E-state index in [-0.39, 0.29) is 8.85 Å². The van der Waals surface area contributed by atoms with E-state index in [1.807, 2.05) is 0 Å². The van der Waals surface area contributed by atoms with E-state index in [9.17, 15) is 52.7 Å². The van der Waals surface area contributed by atoms with Gasteiger partial charge in [0.25, 0.3) is 0 Å². The molecule has 0 spiro atoms. The van der Waals surface area contributed by atoms with Crippen LogP contribution >= 0.6 is 0 Å². The number of alkyl halides is 11. The van der Waals surface area contributed by atoms with Gasteiger partial charge in [-0.05, 0) is 0 Å². The summed E-state index contributed by atoms with van der Waals surface area (Å²) in [5.41, 5.74) is 0. The zero-order valence-electron chi connectivity index (χ0n) is 8.56. The molecule has 1 heterocycles. The quantitative estimate of drug-likeness (QED) is 0.361. The second kappa shape index (κ2) is 7.70. The Hall–Kier alpha value is -1.21. The first-order valence-electron chi connectivity index (χ1n) is 3.79. The molecular formula is C7H8F12O2. The fourth-order valence-electron chi connectivity index (χ4n) is 0.374. The lowest BCUT2D eigenvalue weighted by atomic mass is 10.4. The zero-order chi connectivity index (χ0) is 17.0. The Balaban J connectivity index is -0.000000120. The number of hydrogen-bond acceptors (Lipinski definition) is 2. The highest BCUT2D eigenvalue weighted by Gasteiger charge is 2.90. The van der Waals surface area contributed by atoms with E-state index < -0.39 is 37.3 Å². The van der Waals surface area contributed by atoms with Gasteiger partial charge in [-0.3, -0.25) is 9.53 Å². The van der Waals surface area contributed by atoms with Crippen molar-refractivity contribution in [3.8, 4) is 0 Å². The van der Waals surface area contributed by atoms with E-state index in [4.69, 9.17) is 4.79 Å². The molecule has 0 bridgehead atoms. The van der Waals surface area contributed by atoms with Crippen LogP contribution in [0.2, 0.25) is 0 Å². The van der Waals surface area contributed by atoms with Gasteiger partial charge in [0.15, 0.2) is 0 Å². The largest absolute Gasteiger partial charge is 0.483 e. The number of carbonyl (C=O) groups excluding carboxylic acids is 1. The lowest BCUT2D eigenvalue weighted by Crippen LogP contribution is -2.32. The van der Waals surface area contributed by atoms with Crippen molar-refractivity contribution in [2.45, 2.75) is 31.7 Å². The summed E-state index contributed by atoms with van der Waals surface area (Å²) in [5.74, 6) is -4.75. The van der Waals surface area contributed by atoms with Crippen molar-refractivity contribution in [1.82, 2.24) is 0 Å². The minimum absolute atomic E-state index is 0. The van der Waals surface area contributed by atoms with Crippen LogP contribution in [0.5, 0.6) is 0 Å². The molecule has 21 heavy (non-hydrogen) atoms. The molecule has 0 aromatic rings. The molecule has 1 aliphatic heterocycles. The van der Waals surface area contributed by atoms with Crippen molar-refractivity contribution in [2.24, 2.45) is 0 Å². The Morgan fingerprint density at radius 3 is 1.19 bits per heavy atom. The molecule has 1 atom stereocenters. The van der Waals surface area contributed by atoms with Crippen LogP contribution in [0, 0.1) is 0 Å². The predicted molar refractivity (Wildman–Crippen MR) is 44.0 cm³/mol. The smallest absolute Gasteiger partial charge is 0.263 e. The van der Waals surface area contributed by atoms with Gasteiger partial charge in [-0.15, -0.1) is 0 Å². The molecule has 1 fully saturated rings. The van der Waals surface area contributed by atoms with Gasteiger partial charge in [0.2, 0.25) is 6.93 Å². The van der Waals surface area contributed by atoms with E-state index in [1.54, 1.807) is 0 Å². The predicted octanol–water partition coefficient (Wildman–Crippen LogP) is 4.65. The van der Waals surface area contributed by atoms with Crippen LogP contribution in [0.25, 0.3) is 0 Å².